The second-order valence-corrected chi connectivity index (χ2v) is 9.49. The van der Waals surface area contributed by atoms with Crippen LogP contribution in [0.4, 0.5) is 9.52 Å². The Bertz CT molecular complexity index is 1600. The van der Waals surface area contributed by atoms with E-state index in [1.165, 1.54) is 17.0 Å². The number of fused-ring (bicyclic) bond motifs is 2. The fourth-order valence-corrected chi connectivity index (χ4v) is 5.31. The van der Waals surface area contributed by atoms with Crippen LogP contribution in [0.3, 0.4) is 0 Å². The maximum atomic E-state index is 13.9. The number of anilines is 1. The minimum Gasteiger partial charge on any atom is -0.462 e. The molecule has 1 aliphatic heterocycles. The molecule has 1 aliphatic rings. The molecule has 1 unspecified atom stereocenters. The van der Waals surface area contributed by atoms with Crippen molar-refractivity contribution in [3.8, 4) is 0 Å². The van der Waals surface area contributed by atoms with Gasteiger partial charge in [-0.1, -0.05) is 40.6 Å². The van der Waals surface area contributed by atoms with E-state index >= 15 is 0 Å². The maximum absolute atomic E-state index is 13.9. The molecule has 4 aromatic rings. The Morgan fingerprint density at radius 1 is 1.20 bits per heavy atom. The molecule has 1 atom stereocenters. The lowest BCUT2D eigenvalue weighted by Crippen LogP contribution is -2.29. The Hall–Kier alpha value is -3.27. The molecule has 0 fully saturated rings. The summed E-state index contributed by atoms with van der Waals surface area (Å²) in [5.74, 6) is -2.02. The summed E-state index contributed by atoms with van der Waals surface area (Å²) in [5, 5.41) is 0.649. The quantitative estimate of drug-likeness (QED) is 0.302. The van der Waals surface area contributed by atoms with Crippen LogP contribution in [-0.4, -0.2) is 23.5 Å². The molecule has 178 valence electrons. The third kappa shape index (κ3) is 3.80. The summed E-state index contributed by atoms with van der Waals surface area (Å²) in [6.45, 7) is 3.47. The topological polar surface area (TPSA) is 89.7 Å². The standard InChI is InChI=1S/C24H15Cl2FN2O5S/c1-3-33-23(32)21-10(2)28-24(35-21)29-18(11-4-6-14(25)15(26)8-11)17-19(30)13-9-12(27)5-7-16(13)34-20(17)22(29)31/h4-9,18H,3H2,1-2H3. The van der Waals surface area contributed by atoms with Crippen molar-refractivity contribution < 1.29 is 23.1 Å². The van der Waals surface area contributed by atoms with Crippen LogP contribution in [0.5, 0.6) is 0 Å². The van der Waals surface area contributed by atoms with E-state index in [1.54, 1.807) is 26.0 Å². The summed E-state index contributed by atoms with van der Waals surface area (Å²) in [4.78, 5) is 45.5. The van der Waals surface area contributed by atoms with Gasteiger partial charge in [-0.15, -0.1) is 0 Å². The van der Waals surface area contributed by atoms with E-state index in [4.69, 9.17) is 32.4 Å². The van der Waals surface area contributed by atoms with Crippen LogP contribution in [0, 0.1) is 12.7 Å². The number of halogens is 3. The van der Waals surface area contributed by atoms with Crippen molar-refractivity contribution in [1.82, 2.24) is 4.98 Å². The van der Waals surface area contributed by atoms with Crippen molar-refractivity contribution in [2.24, 2.45) is 0 Å². The molecule has 35 heavy (non-hydrogen) atoms. The Kier molecular flexibility index (Phi) is 5.86. The summed E-state index contributed by atoms with van der Waals surface area (Å²) < 4.78 is 24.8. The number of amides is 1. The SMILES string of the molecule is CCOC(=O)c1sc(N2C(=O)c3oc4ccc(F)cc4c(=O)c3C2c2ccc(Cl)c(Cl)c2)nc1C. The van der Waals surface area contributed by atoms with Crippen molar-refractivity contribution in [3.05, 3.63) is 89.9 Å². The Morgan fingerprint density at radius 2 is 1.97 bits per heavy atom. The number of carbonyl (C=O) groups is 2. The molecule has 0 N–H and O–H groups in total. The first kappa shape index (κ1) is 23.5. The number of aryl methyl sites for hydroxylation is 1. The molecule has 0 radical (unpaired) electrons. The molecule has 5 rings (SSSR count). The highest BCUT2D eigenvalue weighted by Crippen LogP contribution is 2.44. The molecule has 0 aliphatic carbocycles. The van der Waals surface area contributed by atoms with Crippen molar-refractivity contribution in [2.75, 3.05) is 11.5 Å². The lowest BCUT2D eigenvalue weighted by Gasteiger charge is -2.22. The fraction of sp³-hybridized carbons (Fsp3) is 0.167. The lowest BCUT2D eigenvalue weighted by molar-refractivity contribution is 0.0531. The molecule has 0 spiro atoms. The van der Waals surface area contributed by atoms with Crippen molar-refractivity contribution in [3.63, 3.8) is 0 Å². The zero-order chi connectivity index (χ0) is 25.0. The first-order valence-electron chi connectivity index (χ1n) is 10.4. The van der Waals surface area contributed by atoms with Gasteiger partial charge in [-0.2, -0.15) is 0 Å². The average Bonchev–Trinajstić information content (AvgIpc) is 3.34. The Balaban J connectivity index is 1.77. The number of ether oxygens (including phenoxy) is 1. The number of carbonyl (C=O) groups excluding carboxylic acids is 2. The van der Waals surface area contributed by atoms with Crippen LogP contribution < -0.4 is 10.3 Å². The Labute approximate surface area is 211 Å². The summed E-state index contributed by atoms with van der Waals surface area (Å²) in [6.07, 6.45) is 0. The van der Waals surface area contributed by atoms with Gasteiger partial charge < -0.3 is 9.15 Å². The van der Waals surface area contributed by atoms with Crippen molar-refractivity contribution in [2.45, 2.75) is 19.9 Å². The van der Waals surface area contributed by atoms with E-state index in [-0.39, 0.29) is 49.0 Å². The average molecular weight is 533 g/mol. The van der Waals surface area contributed by atoms with Gasteiger partial charge in [0.25, 0.3) is 5.91 Å². The summed E-state index contributed by atoms with van der Waals surface area (Å²) in [6, 6.07) is 7.19. The molecule has 2 aromatic carbocycles. The zero-order valence-electron chi connectivity index (χ0n) is 18.2. The van der Waals surface area contributed by atoms with Crippen LogP contribution >= 0.6 is 34.5 Å². The molecule has 3 heterocycles. The smallest absolute Gasteiger partial charge is 0.350 e. The molecular formula is C24H15Cl2FN2O5S. The molecule has 0 bridgehead atoms. The van der Waals surface area contributed by atoms with E-state index in [9.17, 15) is 18.8 Å². The Morgan fingerprint density at radius 3 is 2.69 bits per heavy atom. The minimum absolute atomic E-state index is 0.00834. The number of hydrogen-bond donors (Lipinski definition) is 0. The highest BCUT2D eigenvalue weighted by Gasteiger charge is 2.45. The van der Waals surface area contributed by atoms with E-state index in [0.29, 0.717) is 11.3 Å². The van der Waals surface area contributed by atoms with Crippen LogP contribution in [0.1, 0.15) is 50.0 Å². The van der Waals surface area contributed by atoms with Crippen LogP contribution in [0.15, 0.2) is 45.6 Å². The monoisotopic (exact) mass is 532 g/mol. The highest BCUT2D eigenvalue weighted by atomic mass is 35.5. The molecule has 0 saturated carbocycles. The molecule has 11 heteroatoms. The van der Waals surface area contributed by atoms with Gasteiger partial charge in [0, 0.05) is 0 Å². The highest BCUT2D eigenvalue weighted by molar-refractivity contribution is 7.17. The first-order valence-corrected chi connectivity index (χ1v) is 12.0. The van der Waals surface area contributed by atoms with Gasteiger partial charge in [0.15, 0.2) is 10.6 Å². The van der Waals surface area contributed by atoms with Crippen LogP contribution in [0.2, 0.25) is 10.0 Å². The first-order chi connectivity index (χ1) is 16.7. The molecule has 0 saturated heterocycles. The number of aromatic nitrogens is 1. The summed E-state index contributed by atoms with van der Waals surface area (Å²) >= 11 is 13.3. The van der Waals surface area contributed by atoms with Gasteiger partial charge >= 0.3 is 5.97 Å². The third-order valence-corrected chi connectivity index (χ3v) is 7.42. The molecular weight excluding hydrogens is 518 g/mol. The number of rotatable bonds is 4. The van der Waals surface area contributed by atoms with E-state index < -0.39 is 29.2 Å². The fourth-order valence-electron chi connectivity index (χ4n) is 4.01. The van der Waals surface area contributed by atoms with Gasteiger partial charge in [0.1, 0.15) is 16.3 Å². The number of esters is 1. The molecule has 1 amide bonds. The predicted octanol–water partition coefficient (Wildman–Crippen LogP) is 5.93. The summed E-state index contributed by atoms with van der Waals surface area (Å²) in [5.41, 5.74) is 0.344. The number of hydrogen-bond acceptors (Lipinski definition) is 7. The number of nitrogens with zero attached hydrogens (tertiary/aromatic N) is 2. The van der Waals surface area contributed by atoms with Gasteiger partial charge in [0.2, 0.25) is 5.76 Å². The van der Waals surface area contributed by atoms with Crippen LogP contribution in [0.25, 0.3) is 11.0 Å². The number of thiazole rings is 1. The summed E-state index contributed by atoms with van der Waals surface area (Å²) in [7, 11) is 0. The van der Waals surface area contributed by atoms with Gasteiger partial charge in [0.05, 0.1) is 39.3 Å². The zero-order valence-corrected chi connectivity index (χ0v) is 20.6. The van der Waals surface area contributed by atoms with E-state index in [0.717, 1.165) is 23.5 Å². The third-order valence-electron chi connectivity index (χ3n) is 5.54. The second kappa shape index (κ2) is 8.75. The molecule has 2 aromatic heterocycles. The van der Waals surface area contributed by atoms with Gasteiger partial charge in [-0.05, 0) is 49.7 Å². The van der Waals surface area contributed by atoms with Gasteiger partial charge in [-0.25, -0.2) is 14.2 Å². The van der Waals surface area contributed by atoms with E-state index in [2.05, 4.69) is 4.98 Å². The maximum Gasteiger partial charge on any atom is 0.350 e. The largest absolute Gasteiger partial charge is 0.462 e. The van der Waals surface area contributed by atoms with E-state index in [1.807, 2.05) is 0 Å². The van der Waals surface area contributed by atoms with Crippen LogP contribution in [-0.2, 0) is 4.74 Å². The predicted molar refractivity (Wildman–Crippen MR) is 130 cm³/mol. The number of benzene rings is 2. The normalized spacial score (nSPS) is 15.1. The van der Waals surface area contributed by atoms with Crippen molar-refractivity contribution in [1.29, 1.82) is 0 Å². The molecule has 7 nitrogen and oxygen atoms in total. The van der Waals surface area contributed by atoms with Gasteiger partial charge in [-0.3, -0.25) is 14.5 Å². The second-order valence-electron chi connectivity index (χ2n) is 7.70. The lowest BCUT2D eigenvalue weighted by atomic mass is 9.99. The van der Waals surface area contributed by atoms with Crippen molar-refractivity contribution >= 4 is 62.5 Å². The minimum atomic E-state index is -1.00.